The molecule has 0 aromatic carbocycles. The van der Waals surface area contributed by atoms with Gasteiger partial charge in [0.15, 0.2) is 0 Å². The van der Waals surface area contributed by atoms with Crippen molar-refractivity contribution in [1.29, 1.82) is 0 Å². The molecule has 1 N–H and O–H groups in total. The largest absolute Gasteiger partial charge is 0.477 e. The molecule has 174 valence electrons. The molecule has 20 heteroatoms. The van der Waals surface area contributed by atoms with Gasteiger partial charge in [-0.15, -0.1) is 0 Å². The summed E-state index contributed by atoms with van der Waals surface area (Å²) >= 11 is 0. The fourth-order valence-electron chi connectivity index (χ4n) is 1.22. The van der Waals surface area contributed by atoms with Crippen LogP contribution in [-0.4, -0.2) is 59.1 Å². The summed E-state index contributed by atoms with van der Waals surface area (Å²) in [5, 5.41) is 7.79. The van der Waals surface area contributed by atoms with Crippen molar-refractivity contribution < 1.29 is 89.3 Å². The molecule has 0 aromatic heterocycles. The van der Waals surface area contributed by atoms with Gasteiger partial charge in [-0.3, -0.25) is 4.74 Å². The van der Waals surface area contributed by atoms with Crippen molar-refractivity contribution in [2.45, 2.75) is 48.0 Å². The Morgan fingerprint density at radius 2 is 0.828 bits per heavy atom. The Morgan fingerprint density at radius 1 is 0.517 bits per heavy atom. The van der Waals surface area contributed by atoms with Crippen molar-refractivity contribution >= 4 is 5.97 Å². The van der Waals surface area contributed by atoms with Gasteiger partial charge in [0.1, 0.15) is 0 Å². The van der Waals surface area contributed by atoms with E-state index in [0.717, 1.165) is 0 Å². The second-order valence-corrected chi connectivity index (χ2v) is 4.81. The summed E-state index contributed by atoms with van der Waals surface area (Å²) in [7, 11) is 0. The highest BCUT2D eigenvalue weighted by molar-refractivity contribution is 5.76. The topological polar surface area (TPSA) is 46.5 Å². The fourth-order valence-corrected chi connectivity index (χ4v) is 1.22. The van der Waals surface area contributed by atoms with Crippen LogP contribution in [0.2, 0.25) is 0 Å². The highest BCUT2D eigenvalue weighted by Crippen LogP contribution is 2.61. The minimum Gasteiger partial charge on any atom is -0.477 e. The van der Waals surface area contributed by atoms with Crippen LogP contribution < -0.4 is 0 Å². The predicted molar refractivity (Wildman–Crippen MR) is 49.4 cm³/mol. The predicted octanol–water partition coefficient (Wildman–Crippen LogP) is 5.01. The van der Waals surface area contributed by atoms with E-state index in [9.17, 15) is 79.4 Å². The monoisotopic (exact) mass is 480 g/mol. The van der Waals surface area contributed by atoms with Gasteiger partial charge in [-0.05, 0) is 0 Å². The summed E-state index contributed by atoms with van der Waals surface area (Å²) in [5.41, 5.74) is 0. The molecule has 0 aliphatic heterocycles. The van der Waals surface area contributed by atoms with E-state index in [-0.39, 0.29) is 0 Å². The Kier molecular flexibility index (Phi) is 6.22. The summed E-state index contributed by atoms with van der Waals surface area (Å²) in [4.78, 5) is 10.0. The highest BCUT2D eigenvalue weighted by Gasteiger charge is 2.92. The zero-order valence-electron chi connectivity index (χ0n) is 12.2. The summed E-state index contributed by atoms with van der Waals surface area (Å²) in [6, 6.07) is 0. The van der Waals surface area contributed by atoms with Crippen LogP contribution in [0.1, 0.15) is 0 Å². The molecule has 0 aliphatic carbocycles. The van der Waals surface area contributed by atoms with Crippen molar-refractivity contribution in [3.63, 3.8) is 0 Å². The quantitative estimate of drug-likeness (QED) is 0.522. The highest BCUT2D eigenvalue weighted by atomic mass is 19.4. The molecule has 0 bridgehead atoms. The van der Waals surface area contributed by atoms with E-state index in [1.165, 1.54) is 4.74 Å². The van der Waals surface area contributed by atoms with Gasteiger partial charge in [-0.25, -0.2) is 4.79 Å². The molecule has 1 atom stereocenters. The molecule has 0 aromatic rings. The number of alkyl halides is 17. The van der Waals surface area contributed by atoms with E-state index in [1.807, 2.05) is 0 Å². The van der Waals surface area contributed by atoms with E-state index >= 15 is 0 Å². The number of rotatable bonds is 7. The third-order valence-corrected chi connectivity index (χ3v) is 2.81. The maximum Gasteiger partial charge on any atom is 0.460 e. The molecule has 0 amide bonds. The first kappa shape index (κ1) is 27.2. The molecule has 1 unspecified atom stereocenters. The molecule has 29 heavy (non-hydrogen) atoms. The first-order valence-electron chi connectivity index (χ1n) is 5.80. The number of halogens is 17. The molecule has 3 nitrogen and oxygen atoms in total. The third-order valence-electron chi connectivity index (χ3n) is 2.81. The van der Waals surface area contributed by atoms with Crippen LogP contribution >= 0.6 is 0 Å². The summed E-state index contributed by atoms with van der Waals surface area (Å²) < 4.78 is 215. The van der Waals surface area contributed by atoms with Gasteiger partial charge in [0.2, 0.25) is 0 Å². The Balaban J connectivity index is 6.55. The fraction of sp³-hybridized carbons (Fsp3) is 0.889. The van der Waals surface area contributed by atoms with Crippen molar-refractivity contribution in [2.75, 3.05) is 0 Å². The van der Waals surface area contributed by atoms with Gasteiger partial charge in [-0.1, -0.05) is 0 Å². The number of hydrogen-bond donors (Lipinski definition) is 1. The lowest BCUT2D eigenvalue weighted by Crippen LogP contribution is -2.71. The van der Waals surface area contributed by atoms with Gasteiger partial charge in [-0.2, -0.15) is 74.6 Å². The van der Waals surface area contributed by atoms with E-state index < -0.39 is 54.0 Å². The van der Waals surface area contributed by atoms with Crippen LogP contribution in [0, 0.1) is 0 Å². The van der Waals surface area contributed by atoms with E-state index in [2.05, 4.69) is 0 Å². The third kappa shape index (κ3) is 3.74. The summed E-state index contributed by atoms with van der Waals surface area (Å²) in [5.74, 6) is -45.0. The molecule has 0 radical (unpaired) electrons. The van der Waals surface area contributed by atoms with Crippen molar-refractivity contribution in [3.8, 4) is 0 Å². The van der Waals surface area contributed by atoms with Crippen molar-refractivity contribution in [2.24, 2.45) is 0 Å². The number of carbonyl (C=O) groups is 1. The number of carboxylic acids is 1. The molecule has 0 heterocycles. The first-order chi connectivity index (χ1) is 12.2. The molecule has 0 fully saturated rings. The number of carboxylic acid groups (broad SMARTS) is 1. The lowest BCUT2D eigenvalue weighted by molar-refractivity contribution is -0.492. The van der Waals surface area contributed by atoms with E-state index in [4.69, 9.17) is 5.11 Å². The second kappa shape index (κ2) is 6.62. The average molecular weight is 480 g/mol. The zero-order chi connectivity index (χ0) is 24.3. The standard InChI is InChI=1S/C9HF17O3/c10-2(1(27)28,7(19,20)21)29-9(25,26)6(17,18)4(13,14)3(11,12)5(15,16)8(22,23)24/h(H,27,28). The number of aliphatic carboxylic acids is 1. The van der Waals surface area contributed by atoms with Crippen LogP contribution in [0.5, 0.6) is 0 Å². The maximum absolute atomic E-state index is 13.0. The average Bonchev–Trinajstić information content (AvgIpc) is 2.43. The van der Waals surface area contributed by atoms with Gasteiger partial charge < -0.3 is 5.11 Å². The zero-order valence-corrected chi connectivity index (χ0v) is 12.2. The Bertz CT molecular complexity index is 631. The lowest BCUT2D eigenvalue weighted by Gasteiger charge is -2.40. The molecule has 0 saturated heterocycles. The Morgan fingerprint density at radius 3 is 1.07 bits per heavy atom. The van der Waals surface area contributed by atoms with Crippen LogP contribution in [0.3, 0.4) is 0 Å². The lowest BCUT2D eigenvalue weighted by atomic mass is 9.97. The second-order valence-electron chi connectivity index (χ2n) is 4.81. The Hall–Kier alpha value is -1.76. The Labute approximate surface area is 145 Å². The van der Waals surface area contributed by atoms with Crippen molar-refractivity contribution in [1.82, 2.24) is 0 Å². The van der Waals surface area contributed by atoms with Gasteiger partial charge in [0.25, 0.3) is 0 Å². The minimum atomic E-state index is -8.59. The molecule has 0 saturated carbocycles. The summed E-state index contributed by atoms with van der Waals surface area (Å²) in [6.45, 7) is 0. The van der Waals surface area contributed by atoms with Crippen molar-refractivity contribution in [3.05, 3.63) is 0 Å². The van der Waals surface area contributed by atoms with Gasteiger partial charge >= 0.3 is 54.0 Å². The molecule has 0 aliphatic rings. The van der Waals surface area contributed by atoms with Crippen LogP contribution in [0.25, 0.3) is 0 Å². The number of hydrogen-bond acceptors (Lipinski definition) is 2. The molecular formula is C9HF17O3. The SMILES string of the molecule is O=C(O)C(F)(OC(F)(F)C(F)(F)C(F)(F)C(F)(F)C(F)(F)C(F)(F)F)C(F)(F)F. The van der Waals surface area contributed by atoms with Crippen LogP contribution in [-0.2, 0) is 9.53 Å². The van der Waals surface area contributed by atoms with E-state index in [0.29, 0.717) is 0 Å². The summed E-state index contributed by atoms with van der Waals surface area (Å²) in [6.07, 6.45) is -23.1. The minimum absolute atomic E-state index is 1.38. The normalized spacial score (nSPS) is 17.8. The van der Waals surface area contributed by atoms with Crippen LogP contribution in [0.15, 0.2) is 0 Å². The maximum atomic E-state index is 13.0. The number of ether oxygens (including phenoxy) is 1. The van der Waals surface area contributed by atoms with E-state index in [1.54, 1.807) is 0 Å². The molecule has 0 rings (SSSR count). The molecule has 0 spiro atoms. The van der Waals surface area contributed by atoms with Gasteiger partial charge in [0.05, 0.1) is 0 Å². The van der Waals surface area contributed by atoms with Gasteiger partial charge in [0, 0.05) is 0 Å². The molecular weight excluding hydrogens is 479 g/mol. The smallest absolute Gasteiger partial charge is 0.460 e. The first-order valence-corrected chi connectivity index (χ1v) is 5.80. The van der Waals surface area contributed by atoms with Crippen LogP contribution in [0.4, 0.5) is 74.6 Å².